The van der Waals surface area contributed by atoms with Gasteiger partial charge in [0, 0.05) is 12.6 Å². The summed E-state index contributed by atoms with van der Waals surface area (Å²) in [6.45, 7) is -0.0883. The minimum absolute atomic E-state index is 0.0883. The Hall–Kier alpha value is -2.82. The van der Waals surface area contributed by atoms with E-state index in [1.165, 1.54) is 0 Å². The molecule has 0 fully saturated rings. The summed E-state index contributed by atoms with van der Waals surface area (Å²) in [4.78, 5) is 11.6. The molecular weight excluding hydrogens is 280 g/mol. The molecule has 0 saturated heterocycles. The van der Waals surface area contributed by atoms with Crippen molar-refractivity contribution < 1.29 is 14.3 Å². The van der Waals surface area contributed by atoms with E-state index in [2.05, 4.69) is 10.5 Å². The molecule has 0 spiro atoms. The highest BCUT2D eigenvalue weighted by Crippen LogP contribution is 2.16. The molecule has 0 heterocycles. The number of carbonyl (C=O) groups excluding carboxylic acids is 1. The van der Waals surface area contributed by atoms with Crippen LogP contribution in [0.1, 0.15) is 5.56 Å². The molecule has 0 saturated carbocycles. The second-order valence-electron chi connectivity index (χ2n) is 4.50. The van der Waals surface area contributed by atoms with Crippen LogP contribution in [-0.4, -0.2) is 25.8 Å². The van der Waals surface area contributed by atoms with Gasteiger partial charge in [0.15, 0.2) is 6.61 Å². The Kier molecular flexibility index (Phi) is 5.99. The molecule has 0 radical (unpaired) electrons. The van der Waals surface area contributed by atoms with E-state index in [1.54, 1.807) is 37.6 Å². The van der Waals surface area contributed by atoms with E-state index in [9.17, 15) is 4.79 Å². The lowest BCUT2D eigenvalue weighted by atomic mass is 10.2. The van der Waals surface area contributed by atoms with Crippen LogP contribution >= 0.6 is 0 Å². The molecule has 0 aliphatic heterocycles. The first-order valence-corrected chi connectivity index (χ1v) is 6.89. The molecule has 2 rings (SSSR count). The van der Waals surface area contributed by atoms with E-state index >= 15 is 0 Å². The lowest BCUT2D eigenvalue weighted by Crippen LogP contribution is -2.24. The largest absolute Gasteiger partial charge is 0.497 e. The zero-order valence-electron chi connectivity index (χ0n) is 12.4. The molecule has 0 aliphatic carbocycles. The Balaban J connectivity index is 1.69. The Morgan fingerprint density at radius 2 is 1.77 bits per heavy atom. The van der Waals surface area contributed by atoms with Gasteiger partial charge in [0.1, 0.15) is 11.5 Å². The molecule has 0 atom stereocenters. The molecule has 5 heteroatoms. The van der Waals surface area contributed by atoms with E-state index in [0.29, 0.717) is 12.2 Å². The van der Waals surface area contributed by atoms with E-state index in [0.717, 1.165) is 11.3 Å². The third-order valence-electron chi connectivity index (χ3n) is 2.88. The molecule has 5 nitrogen and oxygen atoms in total. The highest BCUT2D eigenvalue weighted by atomic mass is 16.5. The topological polar surface area (TPSA) is 59.9 Å². The van der Waals surface area contributed by atoms with E-state index < -0.39 is 0 Å². The third-order valence-corrected chi connectivity index (χ3v) is 2.88. The van der Waals surface area contributed by atoms with Gasteiger partial charge in [-0.1, -0.05) is 30.3 Å². The van der Waals surface area contributed by atoms with Crippen molar-refractivity contribution in [3.8, 4) is 11.5 Å². The van der Waals surface area contributed by atoms with Gasteiger partial charge in [-0.25, -0.2) is 5.43 Å². The average Bonchev–Trinajstić information content (AvgIpc) is 2.58. The SMILES string of the molecule is COc1ccc(OCC(=O)N/N=C/Cc2ccccc2)cc1. The summed E-state index contributed by atoms with van der Waals surface area (Å²) < 4.78 is 10.4. The van der Waals surface area contributed by atoms with Crippen LogP contribution in [0.5, 0.6) is 11.5 Å². The highest BCUT2D eigenvalue weighted by Gasteiger charge is 2.01. The maximum Gasteiger partial charge on any atom is 0.277 e. The first-order chi connectivity index (χ1) is 10.8. The summed E-state index contributed by atoms with van der Waals surface area (Å²) in [5.74, 6) is 1.03. The number of hydrogen-bond acceptors (Lipinski definition) is 4. The minimum atomic E-state index is -0.305. The smallest absolute Gasteiger partial charge is 0.277 e. The average molecular weight is 298 g/mol. The van der Waals surface area contributed by atoms with Crippen molar-refractivity contribution in [1.29, 1.82) is 0 Å². The van der Waals surface area contributed by atoms with E-state index in [1.807, 2.05) is 30.3 Å². The van der Waals surface area contributed by atoms with Gasteiger partial charge in [-0.3, -0.25) is 4.79 Å². The zero-order valence-corrected chi connectivity index (χ0v) is 12.4. The number of benzene rings is 2. The molecule has 0 bridgehead atoms. The summed E-state index contributed by atoms with van der Waals surface area (Å²) in [6.07, 6.45) is 2.32. The molecule has 2 aromatic rings. The van der Waals surface area contributed by atoms with Crippen LogP contribution in [-0.2, 0) is 11.2 Å². The van der Waals surface area contributed by atoms with Gasteiger partial charge in [-0.05, 0) is 29.8 Å². The summed E-state index contributed by atoms with van der Waals surface area (Å²) in [5, 5.41) is 3.88. The first-order valence-electron chi connectivity index (χ1n) is 6.89. The van der Waals surface area contributed by atoms with Gasteiger partial charge in [0.2, 0.25) is 0 Å². The molecule has 1 N–H and O–H groups in total. The standard InChI is InChI=1S/C17H18N2O3/c1-21-15-7-9-16(10-8-15)22-13-17(20)19-18-12-11-14-5-3-2-4-6-14/h2-10,12H,11,13H2,1H3,(H,19,20)/b18-12+. The van der Waals surface area contributed by atoms with Crippen LogP contribution < -0.4 is 14.9 Å². The van der Waals surface area contributed by atoms with Crippen molar-refractivity contribution >= 4 is 12.1 Å². The van der Waals surface area contributed by atoms with E-state index in [4.69, 9.17) is 9.47 Å². The van der Waals surface area contributed by atoms with Crippen molar-refractivity contribution in [1.82, 2.24) is 5.43 Å². The van der Waals surface area contributed by atoms with Gasteiger partial charge < -0.3 is 9.47 Å². The molecular formula is C17H18N2O3. The predicted molar refractivity (Wildman–Crippen MR) is 85.3 cm³/mol. The van der Waals surface area contributed by atoms with Crippen molar-refractivity contribution in [2.45, 2.75) is 6.42 Å². The molecule has 22 heavy (non-hydrogen) atoms. The van der Waals surface area contributed by atoms with E-state index in [-0.39, 0.29) is 12.5 Å². The number of amides is 1. The summed E-state index contributed by atoms with van der Waals surface area (Å²) in [7, 11) is 1.59. The molecule has 0 aliphatic rings. The number of nitrogens with zero attached hydrogens (tertiary/aromatic N) is 1. The highest BCUT2D eigenvalue weighted by molar-refractivity contribution is 5.78. The van der Waals surface area contributed by atoms with Gasteiger partial charge in [-0.2, -0.15) is 5.10 Å². The summed E-state index contributed by atoms with van der Waals surface area (Å²) in [6, 6.07) is 16.9. The van der Waals surface area contributed by atoms with Crippen molar-refractivity contribution in [2.24, 2.45) is 5.10 Å². The molecule has 0 unspecified atom stereocenters. The van der Waals surface area contributed by atoms with Crippen LogP contribution in [0.4, 0.5) is 0 Å². The van der Waals surface area contributed by atoms with Crippen molar-refractivity contribution in [3.05, 3.63) is 60.2 Å². The summed E-state index contributed by atoms with van der Waals surface area (Å²) >= 11 is 0. The second kappa shape index (κ2) is 8.46. The van der Waals surface area contributed by atoms with Crippen LogP contribution in [0.25, 0.3) is 0 Å². The van der Waals surface area contributed by atoms with Crippen molar-refractivity contribution in [2.75, 3.05) is 13.7 Å². The van der Waals surface area contributed by atoms with Gasteiger partial charge in [-0.15, -0.1) is 0 Å². The number of ether oxygens (including phenoxy) is 2. The maximum absolute atomic E-state index is 11.6. The molecule has 0 aromatic heterocycles. The monoisotopic (exact) mass is 298 g/mol. The Bertz CT molecular complexity index is 610. The lowest BCUT2D eigenvalue weighted by Gasteiger charge is -2.05. The van der Waals surface area contributed by atoms with Crippen LogP contribution in [0.3, 0.4) is 0 Å². The minimum Gasteiger partial charge on any atom is -0.497 e. The quantitative estimate of drug-likeness (QED) is 0.631. The number of hydrogen-bond donors (Lipinski definition) is 1. The van der Waals surface area contributed by atoms with Crippen molar-refractivity contribution in [3.63, 3.8) is 0 Å². The summed E-state index contributed by atoms with van der Waals surface area (Å²) in [5.41, 5.74) is 3.56. The Morgan fingerprint density at radius 3 is 2.45 bits per heavy atom. The van der Waals surface area contributed by atoms with Crippen LogP contribution in [0.15, 0.2) is 59.7 Å². The van der Waals surface area contributed by atoms with Gasteiger partial charge in [0.05, 0.1) is 7.11 Å². The Morgan fingerprint density at radius 1 is 1.09 bits per heavy atom. The molecule has 114 valence electrons. The third kappa shape index (κ3) is 5.28. The fourth-order valence-electron chi connectivity index (χ4n) is 1.74. The zero-order chi connectivity index (χ0) is 15.6. The number of hydrazone groups is 1. The van der Waals surface area contributed by atoms with Crippen LogP contribution in [0.2, 0.25) is 0 Å². The van der Waals surface area contributed by atoms with Gasteiger partial charge >= 0.3 is 0 Å². The second-order valence-corrected chi connectivity index (χ2v) is 4.50. The first kappa shape index (κ1) is 15.6. The number of carbonyl (C=O) groups is 1. The Labute approximate surface area is 129 Å². The van der Waals surface area contributed by atoms with Crippen LogP contribution in [0, 0.1) is 0 Å². The number of nitrogens with one attached hydrogen (secondary N) is 1. The maximum atomic E-state index is 11.6. The molecule has 1 amide bonds. The lowest BCUT2D eigenvalue weighted by molar-refractivity contribution is -0.123. The fourth-order valence-corrected chi connectivity index (χ4v) is 1.74. The normalized spacial score (nSPS) is 10.4. The number of methoxy groups -OCH3 is 1. The predicted octanol–water partition coefficient (Wildman–Crippen LogP) is 2.42. The fraction of sp³-hybridized carbons (Fsp3) is 0.176. The number of rotatable bonds is 7. The molecule has 2 aromatic carbocycles. The van der Waals surface area contributed by atoms with Gasteiger partial charge in [0.25, 0.3) is 5.91 Å².